The van der Waals surface area contributed by atoms with Crippen molar-refractivity contribution in [2.75, 3.05) is 6.61 Å². The summed E-state index contributed by atoms with van der Waals surface area (Å²) in [6.45, 7) is -0.142. The first-order valence-electron chi connectivity index (χ1n) is 4.49. The molecule has 1 aliphatic heterocycles. The molecule has 0 amide bonds. The van der Waals surface area contributed by atoms with E-state index in [0.29, 0.717) is 17.7 Å². The summed E-state index contributed by atoms with van der Waals surface area (Å²) in [5.74, 6) is -1.81. The standard InChI is InChI=1S/C10H9F2NO2/c11-8-2-1-6(3-9(8)12)10-4-7(5-14)15-13-10/h1-3,7,14H,4-5H2. The van der Waals surface area contributed by atoms with E-state index in [4.69, 9.17) is 9.94 Å². The van der Waals surface area contributed by atoms with Gasteiger partial charge in [0.2, 0.25) is 0 Å². The molecule has 1 unspecified atom stereocenters. The normalized spacial score (nSPS) is 19.9. The minimum atomic E-state index is -0.914. The van der Waals surface area contributed by atoms with Gasteiger partial charge in [0.15, 0.2) is 17.7 Å². The number of halogens is 2. The Morgan fingerprint density at radius 3 is 2.80 bits per heavy atom. The zero-order valence-electron chi connectivity index (χ0n) is 7.78. The van der Waals surface area contributed by atoms with Crippen molar-refractivity contribution in [3.63, 3.8) is 0 Å². The van der Waals surface area contributed by atoms with Gasteiger partial charge < -0.3 is 9.94 Å². The van der Waals surface area contributed by atoms with Gasteiger partial charge in [0.25, 0.3) is 0 Å². The van der Waals surface area contributed by atoms with Gasteiger partial charge in [0, 0.05) is 12.0 Å². The Morgan fingerprint density at radius 1 is 1.40 bits per heavy atom. The van der Waals surface area contributed by atoms with Crippen LogP contribution in [0.2, 0.25) is 0 Å². The molecule has 0 saturated heterocycles. The summed E-state index contributed by atoms with van der Waals surface area (Å²) in [4.78, 5) is 4.86. The second kappa shape index (κ2) is 3.94. The molecule has 0 fully saturated rings. The molecule has 1 aromatic carbocycles. The molecule has 15 heavy (non-hydrogen) atoms. The zero-order chi connectivity index (χ0) is 10.8. The van der Waals surface area contributed by atoms with E-state index >= 15 is 0 Å². The van der Waals surface area contributed by atoms with Crippen LogP contribution < -0.4 is 0 Å². The predicted octanol–water partition coefficient (Wildman–Crippen LogP) is 1.45. The first-order chi connectivity index (χ1) is 7.20. The van der Waals surface area contributed by atoms with Crippen LogP contribution in [0.15, 0.2) is 23.4 Å². The van der Waals surface area contributed by atoms with Crippen LogP contribution in [-0.4, -0.2) is 23.5 Å². The number of aliphatic hydroxyl groups is 1. The fourth-order valence-corrected chi connectivity index (χ4v) is 1.37. The molecule has 1 atom stereocenters. The van der Waals surface area contributed by atoms with Crippen LogP contribution in [0.5, 0.6) is 0 Å². The highest BCUT2D eigenvalue weighted by Gasteiger charge is 2.21. The molecular formula is C10H9F2NO2. The van der Waals surface area contributed by atoms with E-state index in [1.165, 1.54) is 6.07 Å². The van der Waals surface area contributed by atoms with Crippen molar-refractivity contribution in [2.45, 2.75) is 12.5 Å². The minimum absolute atomic E-state index is 0.142. The Balaban J connectivity index is 2.21. The number of benzene rings is 1. The van der Waals surface area contributed by atoms with Gasteiger partial charge in [-0.05, 0) is 18.2 Å². The van der Waals surface area contributed by atoms with Crippen molar-refractivity contribution in [2.24, 2.45) is 5.16 Å². The van der Waals surface area contributed by atoms with Gasteiger partial charge in [-0.2, -0.15) is 0 Å². The van der Waals surface area contributed by atoms with E-state index in [-0.39, 0.29) is 12.7 Å². The van der Waals surface area contributed by atoms with Crippen LogP contribution >= 0.6 is 0 Å². The highest BCUT2D eigenvalue weighted by atomic mass is 19.2. The van der Waals surface area contributed by atoms with Crippen molar-refractivity contribution >= 4 is 5.71 Å². The first kappa shape index (κ1) is 10.0. The van der Waals surface area contributed by atoms with E-state index in [2.05, 4.69) is 5.16 Å². The Kier molecular flexibility index (Phi) is 2.64. The topological polar surface area (TPSA) is 41.8 Å². The van der Waals surface area contributed by atoms with Crippen molar-refractivity contribution in [1.82, 2.24) is 0 Å². The summed E-state index contributed by atoms with van der Waals surface area (Å²) >= 11 is 0. The number of aliphatic hydroxyl groups excluding tert-OH is 1. The molecule has 0 aromatic heterocycles. The third-order valence-corrected chi connectivity index (χ3v) is 2.19. The maximum Gasteiger partial charge on any atom is 0.159 e. The van der Waals surface area contributed by atoms with E-state index in [1.807, 2.05) is 0 Å². The van der Waals surface area contributed by atoms with Crippen molar-refractivity contribution in [3.8, 4) is 0 Å². The van der Waals surface area contributed by atoms with Crippen LogP contribution in [0.1, 0.15) is 12.0 Å². The number of hydrogen-bond donors (Lipinski definition) is 1. The summed E-state index contributed by atoms with van der Waals surface area (Å²) in [5.41, 5.74) is 0.998. The van der Waals surface area contributed by atoms with Gasteiger partial charge in [-0.25, -0.2) is 8.78 Å². The Morgan fingerprint density at radius 2 is 2.20 bits per heavy atom. The maximum absolute atomic E-state index is 12.9. The summed E-state index contributed by atoms with van der Waals surface area (Å²) in [7, 11) is 0. The molecule has 1 heterocycles. The van der Waals surface area contributed by atoms with Gasteiger partial charge in [0.1, 0.15) is 0 Å². The van der Waals surface area contributed by atoms with Gasteiger partial charge in [-0.15, -0.1) is 0 Å². The molecule has 80 valence electrons. The summed E-state index contributed by atoms with van der Waals surface area (Å²) in [5, 5.41) is 12.5. The van der Waals surface area contributed by atoms with E-state index in [1.54, 1.807) is 0 Å². The van der Waals surface area contributed by atoms with Gasteiger partial charge in [0.05, 0.1) is 12.3 Å². The van der Waals surface area contributed by atoms with Crippen LogP contribution in [0, 0.1) is 11.6 Å². The molecule has 1 aliphatic rings. The number of nitrogens with zero attached hydrogens (tertiary/aromatic N) is 1. The largest absolute Gasteiger partial charge is 0.392 e. The van der Waals surface area contributed by atoms with Gasteiger partial charge >= 0.3 is 0 Å². The predicted molar refractivity (Wildman–Crippen MR) is 49.5 cm³/mol. The highest BCUT2D eigenvalue weighted by Crippen LogP contribution is 2.18. The molecule has 5 heteroatoms. The van der Waals surface area contributed by atoms with E-state index in [9.17, 15) is 8.78 Å². The fraction of sp³-hybridized carbons (Fsp3) is 0.300. The lowest BCUT2D eigenvalue weighted by Crippen LogP contribution is -2.12. The van der Waals surface area contributed by atoms with Crippen LogP contribution in [0.4, 0.5) is 8.78 Å². The summed E-state index contributed by atoms with van der Waals surface area (Å²) < 4.78 is 25.5. The van der Waals surface area contributed by atoms with E-state index in [0.717, 1.165) is 12.1 Å². The lowest BCUT2D eigenvalue weighted by atomic mass is 10.1. The third kappa shape index (κ3) is 1.97. The van der Waals surface area contributed by atoms with Crippen molar-refractivity contribution in [3.05, 3.63) is 35.4 Å². The lowest BCUT2D eigenvalue weighted by Gasteiger charge is -2.02. The van der Waals surface area contributed by atoms with Crippen LogP contribution in [0.25, 0.3) is 0 Å². The summed E-state index contributed by atoms with van der Waals surface area (Å²) in [6, 6.07) is 3.54. The molecule has 1 aromatic rings. The Hall–Kier alpha value is -1.49. The quantitative estimate of drug-likeness (QED) is 0.807. The molecule has 0 bridgehead atoms. The number of hydrogen-bond acceptors (Lipinski definition) is 3. The van der Waals surface area contributed by atoms with Gasteiger partial charge in [-0.3, -0.25) is 0 Å². The second-order valence-electron chi connectivity index (χ2n) is 3.28. The molecule has 0 spiro atoms. The average molecular weight is 213 g/mol. The first-order valence-corrected chi connectivity index (χ1v) is 4.49. The van der Waals surface area contributed by atoms with Gasteiger partial charge in [-0.1, -0.05) is 5.16 Å². The number of rotatable bonds is 2. The molecule has 0 saturated carbocycles. The van der Waals surface area contributed by atoms with Crippen molar-refractivity contribution in [1.29, 1.82) is 0 Å². The minimum Gasteiger partial charge on any atom is -0.392 e. The maximum atomic E-state index is 12.9. The molecule has 0 aliphatic carbocycles. The third-order valence-electron chi connectivity index (χ3n) is 2.19. The molecule has 0 radical (unpaired) electrons. The molecule has 3 nitrogen and oxygen atoms in total. The summed E-state index contributed by atoms with van der Waals surface area (Å²) in [6.07, 6.45) is 0.0230. The average Bonchev–Trinajstić information content (AvgIpc) is 2.70. The van der Waals surface area contributed by atoms with Crippen molar-refractivity contribution < 1.29 is 18.7 Å². The Labute approximate surface area is 85.0 Å². The second-order valence-corrected chi connectivity index (χ2v) is 3.28. The smallest absolute Gasteiger partial charge is 0.159 e. The highest BCUT2D eigenvalue weighted by molar-refractivity contribution is 6.01. The molecule has 2 rings (SSSR count). The molecule has 1 N–H and O–H groups in total. The number of oxime groups is 1. The fourth-order valence-electron chi connectivity index (χ4n) is 1.37. The SMILES string of the molecule is OCC1CC(c2ccc(F)c(F)c2)=NO1. The van der Waals surface area contributed by atoms with E-state index < -0.39 is 11.6 Å². The monoisotopic (exact) mass is 213 g/mol. The van der Waals surface area contributed by atoms with Crippen LogP contribution in [0.3, 0.4) is 0 Å². The zero-order valence-corrected chi connectivity index (χ0v) is 7.78. The molecular weight excluding hydrogens is 204 g/mol. The Bertz CT molecular complexity index is 406. The lowest BCUT2D eigenvalue weighted by molar-refractivity contribution is 0.0390. The van der Waals surface area contributed by atoms with Crippen LogP contribution in [-0.2, 0) is 4.84 Å².